The van der Waals surface area contributed by atoms with Crippen molar-refractivity contribution in [1.82, 2.24) is 9.62 Å². The number of benzene rings is 1. The van der Waals surface area contributed by atoms with E-state index in [0.29, 0.717) is 18.2 Å². The fourth-order valence-corrected chi connectivity index (χ4v) is 3.81. The predicted molar refractivity (Wildman–Crippen MR) is 90.9 cm³/mol. The van der Waals surface area contributed by atoms with Gasteiger partial charge in [-0.3, -0.25) is 4.79 Å². The summed E-state index contributed by atoms with van der Waals surface area (Å²) in [6, 6.07) is 9.68. The molecule has 1 aliphatic heterocycles. The molecule has 1 amide bonds. The average Bonchev–Trinajstić information content (AvgIpc) is 3.13. The number of ether oxygens (including phenoxy) is 1. The minimum atomic E-state index is -3.75. The first kappa shape index (κ1) is 17.9. The molecule has 7 nitrogen and oxygen atoms in total. The number of halogens is 1. The maximum Gasteiger partial charge on any atom is 0.287 e. The lowest BCUT2D eigenvalue weighted by Crippen LogP contribution is -2.40. The molecule has 0 saturated carbocycles. The molecule has 0 spiro atoms. The molecule has 25 heavy (non-hydrogen) atoms. The summed E-state index contributed by atoms with van der Waals surface area (Å²) in [5, 5.41) is 3.04. The van der Waals surface area contributed by atoms with Crippen LogP contribution in [0.3, 0.4) is 0 Å². The predicted octanol–water partition coefficient (Wildman–Crippen LogP) is 1.88. The normalized spacial score (nSPS) is 15.9. The summed E-state index contributed by atoms with van der Waals surface area (Å²) in [5.74, 6) is -0.542. The van der Waals surface area contributed by atoms with Crippen LogP contribution in [0.25, 0.3) is 0 Å². The summed E-state index contributed by atoms with van der Waals surface area (Å²) < 4.78 is 36.6. The van der Waals surface area contributed by atoms with Gasteiger partial charge >= 0.3 is 0 Å². The number of hydrogen-bond acceptors (Lipinski definition) is 5. The Hall–Kier alpha value is -1.87. The van der Waals surface area contributed by atoms with Crippen LogP contribution in [-0.2, 0) is 21.3 Å². The Kier molecular flexibility index (Phi) is 5.43. The Labute approximate surface area is 150 Å². The number of nitrogens with one attached hydrogen (secondary N) is 1. The smallest absolute Gasteiger partial charge is 0.287 e. The summed E-state index contributed by atoms with van der Waals surface area (Å²) in [6.45, 7) is 1.49. The molecular weight excluding hydrogens is 368 g/mol. The van der Waals surface area contributed by atoms with Crippen molar-refractivity contribution in [3.05, 3.63) is 52.7 Å². The number of furan rings is 1. The molecule has 0 unspecified atom stereocenters. The maximum atomic E-state index is 12.5. The van der Waals surface area contributed by atoms with E-state index in [-0.39, 0.29) is 30.5 Å². The third kappa shape index (κ3) is 4.21. The molecule has 1 N–H and O–H groups in total. The van der Waals surface area contributed by atoms with Gasteiger partial charge in [0.1, 0.15) is 0 Å². The molecule has 3 rings (SSSR count). The van der Waals surface area contributed by atoms with E-state index in [1.54, 1.807) is 24.3 Å². The lowest BCUT2D eigenvalue weighted by atomic mass is 10.2. The van der Waals surface area contributed by atoms with Gasteiger partial charge in [-0.15, -0.1) is 0 Å². The van der Waals surface area contributed by atoms with Crippen LogP contribution >= 0.6 is 11.6 Å². The van der Waals surface area contributed by atoms with E-state index in [0.717, 1.165) is 5.56 Å². The quantitative estimate of drug-likeness (QED) is 0.850. The van der Waals surface area contributed by atoms with Crippen molar-refractivity contribution in [2.75, 3.05) is 26.3 Å². The highest BCUT2D eigenvalue weighted by Crippen LogP contribution is 2.20. The second-order valence-electron chi connectivity index (χ2n) is 5.44. The van der Waals surface area contributed by atoms with E-state index in [1.807, 2.05) is 0 Å². The van der Waals surface area contributed by atoms with Crippen molar-refractivity contribution in [2.45, 2.75) is 11.6 Å². The molecule has 134 valence electrons. The number of nitrogens with zero attached hydrogens (tertiary/aromatic N) is 1. The molecule has 0 bridgehead atoms. The van der Waals surface area contributed by atoms with Crippen molar-refractivity contribution >= 4 is 27.5 Å². The minimum absolute atomic E-state index is 0.0548. The molecule has 1 aliphatic rings. The number of sulfonamides is 1. The molecule has 1 fully saturated rings. The zero-order chi connectivity index (χ0) is 17.9. The Balaban J connectivity index is 1.65. The van der Waals surface area contributed by atoms with Crippen molar-refractivity contribution in [1.29, 1.82) is 0 Å². The summed E-state index contributed by atoms with van der Waals surface area (Å²) in [5.41, 5.74) is 0.866. The largest absolute Gasteiger partial charge is 0.438 e. The van der Waals surface area contributed by atoms with Gasteiger partial charge in [0.15, 0.2) is 5.76 Å². The lowest BCUT2D eigenvalue weighted by Gasteiger charge is -2.24. The topological polar surface area (TPSA) is 88.9 Å². The highest BCUT2D eigenvalue weighted by molar-refractivity contribution is 7.89. The Morgan fingerprint density at radius 1 is 1.12 bits per heavy atom. The van der Waals surface area contributed by atoms with Crippen molar-refractivity contribution < 1.29 is 22.4 Å². The first-order valence-corrected chi connectivity index (χ1v) is 9.49. The van der Waals surface area contributed by atoms with Crippen LogP contribution in [0.5, 0.6) is 0 Å². The molecule has 2 aromatic rings. The fraction of sp³-hybridized carbons (Fsp3) is 0.312. The fourth-order valence-electron chi connectivity index (χ4n) is 2.37. The summed E-state index contributed by atoms with van der Waals surface area (Å²) >= 11 is 5.81. The third-order valence-corrected chi connectivity index (χ3v) is 5.76. The standard InChI is InChI=1S/C16H17ClN2O5S/c17-13-3-1-12(2-4-13)11-18-16(20)14-5-6-15(24-14)25(21,22)19-7-9-23-10-8-19/h1-6H,7-11H2,(H,18,20). The monoisotopic (exact) mass is 384 g/mol. The van der Waals surface area contributed by atoms with E-state index in [2.05, 4.69) is 5.32 Å². The lowest BCUT2D eigenvalue weighted by molar-refractivity contribution is 0.0722. The second-order valence-corrected chi connectivity index (χ2v) is 7.75. The highest BCUT2D eigenvalue weighted by Gasteiger charge is 2.29. The first-order chi connectivity index (χ1) is 12.0. The number of hydrogen-bond donors (Lipinski definition) is 1. The van der Waals surface area contributed by atoms with Crippen molar-refractivity contribution in [3.8, 4) is 0 Å². The van der Waals surface area contributed by atoms with Gasteiger partial charge in [0.25, 0.3) is 15.9 Å². The minimum Gasteiger partial charge on any atom is -0.438 e. The molecular formula is C16H17ClN2O5S. The van der Waals surface area contributed by atoms with Gasteiger partial charge in [0, 0.05) is 24.7 Å². The van der Waals surface area contributed by atoms with Crippen LogP contribution < -0.4 is 5.32 Å². The second kappa shape index (κ2) is 7.57. The average molecular weight is 385 g/mol. The molecule has 0 radical (unpaired) electrons. The molecule has 9 heteroatoms. The Morgan fingerprint density at radius 2 is 1.80 bits per heavy atom. The summed E-state index contributed by atoms with van der Waals surface area (Å²) in [6.07, 6.45) is 0. The van der Waals surface area contributed by atoms with Crippen molar-refractivity contribution in [3.63, 3.8) is 0 Å². The van der Waals surface area contributed by atoms with Crippen LogP contribution in [0.2, 0.25) is 5.02 Å². The number of amides is 1. The molecule has 1 saturated heterocycles. The molecule has 1 aromatic carbocycles. The Bertz CT molecular complexity index is 842. The van der Waals surface area contributed by atoms with Gasteiger partial charge in [-0.05, 0) is 29.8 Å². The first-order valence-electron chi connectivity index (χ1n) is 7.67. The molecule has 1 aromatic heterocycles. The van der Waals surface area contributed by atoms with Crippen LogP contribution in [0.15, 0.2) is 45.9 Å². The van der Waals surface area contributed by atoms with Crippen LogP contribution in [0, 0.1) is 0 Å². The number of carbonyl (C=O) groups is 1. The Morgan fingerprint density at radius 3 is 2.48 bits per heavy atom. The van der Waals surface area contributed by atoms with Gasteiger partial charge in [-0.1, -0.05) is 23.7 Å². The third-order valence-electron chi connectivity index (χ3n) is 3.74. The number of carbonyl (C=O) groups excluding carboxylic acids is 1. The maximum absolute atomic E-state index is 12.5. The molecule has 2 heterocycles. The summed E-state index contributed by atoms with van der Waals surface area (Å²) in [7, 11) is -3.75. The van der Waals surface area contributed by atoms with E-state index >= 15 is 0 Å². The van der Waals surface area contributed by atoms with E-state index in [9.17, 15) is 13.2 Å². The van der Waals surface area contributed by atoms with E-state index < -0.39 is 15.9 Å². The number of rotatable bonds is 5. The molecule has 0 aliphatic carbocycles. The highest BCUT2D eigenvalue weighted by atomic mass is 35.5. The van der Waals surface area contributed by atoms with Crippen LogP contribution in [0.1, 0.15) is 16.1 Å². The van der Waals surface area contributed by atoms with Gasteiger partial charge < -0.3 is 14.5 Å². The van der Waals surface area contributed by atoms with Gasteiger partial charge in [0.05, 0.1) is 13.2 Å². The van der Waals surface area contributed by atoms with Crippen LogP contribution in [-0.4, -0.2) is 44.9 Å². The van der Waals surface area contributed by atoms with Gasteiger partial charge in [-0.2, -0.15) is 4.31 Å². The van der Waals surface area contributed by atoms with Gasteiger partial charge in [-0.25, -0.2) is 8.42 Å². The van der Waals surface area contributed by atoms with Gasteiger partial charge in [0.2, 0.25) is 5.09 Å². The SMILES string of the molecule is O=C(NCc1ccc(Cl)cc1)c1ccc(S(=O)(=O)N2CCOCC2)o1. The zero-order valence-corrected chi connectivity index (χ0v) is 14.8. The van der Waals surface area contributed by atoms with E-state index in [1.165, 1.54) is 16.4 Å². The van der Waals surface area contributed by atoms with Crippen molar-refractivity contribution in [2.24, 2.45) is 0 Å². The van der Waals surface area contributed by atoms with Crippen LogP contribution in [0.4, 0.5) is 0 Å². The zero-order valence-electron chi connectivity index (χ0n) is 13.3. The number of morpholine rings is 1. The van der Waals surface area contributed by atoms with E-state index in [4.69, 9.17) is 20.8 Å². The summed E-state index contributed by atoms with van der Waals surface area (Å²) in [4.78, 5) is 12.1. The molecule has 0 atom stereocenters.